The maximum Gasteiger partial charge on any atom is 0.196 e. The van der Waals surface area contributed by atoms with Crippen molar-refractivity contribution in [1.82, 2.24) is 0 Å². The smallest absolute Gasteiger partial charge is 0.196 e. The highest BCUT2D eigenvalue weighted by Crippen LogP contribution is 2.67. The lowest BCUT2D eigenvalue weighted by Crippen LogP contribution is -2.72. The number of carbonyl (C=O) groups is 2. The van der Waals surface area contributed by atoms with E-state index in [1.54, 1.807) is 25.3 Å². The molecule has 2 heterocycles. The van der Waals surface area contributed by atoms with E-state index in [0.717, 1.165) is 5.57 Å². The van der Waals surface area contributed by atoms with Crippen molar-refractivity contribution in [2.75, 3.05) is 13.9 Å². The predicted octanol–water partition coefficient (Wildman–Crippen LogP) is 4.03. The molecule has 5 aliphatic rings. The van der Waals surface area contributed by atoms with Gasteiger partial charge >= 0.3 is 0 Å². The molecule has 1 saturated heterocycles. The number of ketones is 2. The molecule has 0 aromatic heterocycles. The summed E-state index contributed by atoms with van der Waals surface area (Å²) in [7, 11) is 1.55. The number of ether oxygens (including phenoxy) is 4. The number of allylic oxidation sites excluding steroid dienone is 2. The highest BCUT2D eigenvalue weighted by Gasteiger charge is 2.80. The second-order valence-electron chi connectivity index (χ2n) is 9.73. The Labute approximate surface area is 182 Å². The zero-order valence-electron chi connectivity index (χ0n) is 18.6. The lowest BCUT2D eigenvalue weighted by atomic mass is 9.51. The van der Waals surface area contributed by atoms with Crippen molar-refractivity contribution in [2.45, 2.75) is 57.3 Å². The molecule has 1 aromatic rings. The first-order valence-corrected chi connectivity index (χ1v) is 10.8. The SMILES string of the molecule is COCOc1ccc2c(c1)OC13C(=CC4CC1C(C)(C)OC3(CC=C(C)C)C4=O)C2=O. The average Bonchev–Trinajstić information content (AvgIpc) is 2.88. The Morgan fingerprint density at radius 3 is 2.74 bits per heavy atom. The number of benzene rings is 1. The third-order valence-corrected chi connectivity index (χ3v) is 7.21. The number of carbonyl (C=O) groups excluding carboxylic acids is 2. The molecule has 1 saturated carbocycles. The van der Waals surface area contributed by atoms with Crippen LogP contribution in [0, 0.1) is 11.8 Å². The van der Waals surface area contributed by atoms with Crippen LogP contribution in [-0.4, -0.2) is 42.3 Å². The van der Waals surface area contributed by atoms with E-state index in [0.29, 0.717) is 35.5 Å². The van der Waals surface area contributed by atoms with Crippen LogP contribution in [0.3, 0.4) is 0 Å². The van der Waals surface area contributed by atoms with Crippen molar-refractivity contribution in [3.05, 3.63) is 47.1 Å². The fourth-order valence-corrected chi connectivity index (χ4v) is 5.99. The van der Waals surface area contributed by atoms with Gasteiger partial charge in [-0.3, -0.25) is 9.59 Å². The van der Waals surface area contributed by atoms with Crippen molar-refractivity contribution in [3.8, 4) is 11.5 Å². The third kappa shape index (κ3) is 2.52. The van der Waals surface area contributed by atoms with Gasteiger partial charge in [-0.15, -0.1) is 0 Å². The van der Waals surface area contributed by atoms with Gasteiger partial charge in [0.1, 0.15) is 11.5 Å². The van der Waals surface area contributed by atoms with Crippen molar-refractivity contribution in [2.24, 2.45) is 11.8 Å². The first-order valence-electron chi connectivity index (χ1n) is 10.8. The summed E-state index contributed by atoms with van der Waals surface area (Å²) >= 11 is 0. The number of Topliss-reactive ketones (excluding diaryl/α,β-unsaturated/α-hetero) is 2. The van der Waals surface area contributed by atoms with E-state index in [9.17, 15) is 9.59 Å². The largest absolute Gasteiger partial charge is 0.478 e. The third-order valence-electron chi connectivity index (χ3n) is 7.21. The molecule has 6 nitrogen and oxygen atoms in total. The first-order chi connectivity index (χ1) is 14.7. The lowest BCUT2D eigenvalue weighted by molar-refractivity contribution is -0.171. The molecule has 0 amide bonds. The van der Waals surface area contributed by atoms with Gasteiger partial charge in [0.15, 0.2) is 29.6 Å². The number of rotatable bonds is 5. The summed E-state index contributed by atoms with van der Waals surface area (Å²) in [5.41, 5.74) is -0.828. The van der Waals surface area contributed by atoms with Gasteiger partial charge in [0.05, 0.1) is 11.2 Å². The van der Waals surface area contributed by atoms with Crippen LogP contribution in [0.25, 0.3) is 0 Å². The Morgan fingerprint density at radius 1 is 1.26 bits per heavy atom. The molecule has 0 radical (unpaired) electrons. The van der Waals surface area contributed by atoms with Gasteiger partial charge in [-0.2, -0.15) is 0 Å². The van der Waals surface area contributed by atoms with Gasteiger partial charge in [0, 0.05) is 37.0 Å². The first kappa shape index (κ1) is 20.5. The van der Waals surface area contributed by atoms with Crippen LogP contribution in [0.2, 0.25) is 0 Å². The predicted molar refractivity (Wildman–Crippen MR) is 113 cm³/mol. The van der Waals surface area contributed by atoms with Gasteiger partial charge in [-0.05, 0) is 46.2 Å². The second-order valence-corrected chi connectivity index (χ2v) is 9.73. The summed E-state index contributed by atoms with van der Waals surface area (Å²) in [5, 5.41) is 0. The Bertz CT molecular complexity index is 1050. The number of fused-ring (bicyclic) bond motifs is 1. The summed E-state index contributed by atoms with van der Waals surface area (Å²) in [6.07, 6.45) is 4.86. The molecule has 4 unspecified atom stereocenters. The molecule has 6 heteroatoms. The molecule has 2 aliphatic heterocycles. The van der Waals surface area contributed by atoms with Gasteiger partial charge in [0.25, 0.3) is 0 Å². The monoisotopic (exact) mass is 424 g/mol. The van der Waals surface area contributed by atoms with E-state index in [2.05, 4.69) is 0 Å². The van der Waals surface area contributed by atoms with Gasteiger partial charge in [-0.1, -0.05) is 17.7 Å². The van der Waals surface area contributed by atoms with E-state index < -0.39 is 16.8 Å². The van der Waals surface area contributed by atoms with Gasteiger partial charge in [-0.25, -0.2) is 0 Å². The maximum atomic E-state index is 13.7. The summed E-state index contributed by atoms with van der Waals surface area (Å²) in [4.78, 5) is 27.4. The number of methoxy groups -OCH3 is 1. The fraction of sp³-hybridized carbons (Fsp3) is 0.520. The molecular weight excluding hydrogens is 396 g/mol. The Hall–Kier alpha value is -2.44. The zero-order chi connectivity index (χ0) is 22.2. The van der Waals surface area contributed by atoms with Crippen LogP contribution < -0.4 is 9.47 Å². The van der Waals surface area contributed by atoms with Crippen LogP contribution in [-0.2, 0) is 14.3 Å². The van der Waals surface area contributed by atoms with Crippen molar-refractivity contribution < 1.29 is 28.5 Å². The molecule has 2 fully saturated rings. The molecule has 31 heavy (non-hydrogen) atoms. The Morgan fingerprint density at radius 2 is 2.03 bits per heavy atom. The van der Waals surface area contributed by atoms with Gasteiger partial charge in [0.2, 0.25) is 0 Å². The maximum absolute atomic E-state index is 13.7. The average molecular weight is 424 g/mol. The van der Waals surface area contributed by atoms with E-state index in [1.807, 2.05) is 39.8 Å². The van der Waals surface area contributed by atoms with Crippen LogP contribution >= 0.6 is 0 Å². The molecule has 3 aliphatic carbocycles. The molecule has 1 aromatic carbocycles. The molecule has 1 spiro atoms. The van der Waals surface area contributed by atoms with Crippen molar-refractivity contribution in [3.63, 3.8) is 0 Å². The molecule has 164 valence electrons. The zero-order valence-corrected chi connectivity index (χ0v) is 18.6. The molecule has 0 N–H and O–H groups in total. The standard InChI is InChI=1S/C25H28O6/c1-14(2)8-9-24-22(27)15-10-18-21(26)17-7-6-16(29-13-28-5)12-19(17)30-25(18,24)20(11-15)23(3,4)31-24/h6-8,10,12,15,20H,9,11,13H2,1-5H3. The minimum atomic E-state index is -1.22. The number of hydrogen-bond acceptors (Lipinski definition) is 6. The van der Waals surface area contributed by atoms with Crippen LogP contribution in [0.5, 0.6) is 11.5 Å². The van der Waals surface area contributed by atoms with Crippen LogP contribution in [0.4, 0.5) is 0 Å². The highest BCUT2D eigenvalue weighted by molar-refractivity contribution is 6.16. The number of hydrogen-bond donors (Lipinski definition) is 0. The Kier molecular flexibility index (Phi) is 4.31. The van der Waals surface area contributed by atoms with Crippen LogP contribution in [0.15, 0.2) is 41.5 Å². The highest BCUT2D eigenvalue weighted by atomic mass is 16.7. The van der Waals surface area contributed by atoms with Gasteiger partial charge < -0.3 is 18.9 Å². The minimum absolute atomic E-state index is 0.0126. The van der Waals surface area contributed by atoms with E-state index in [1.165, 1.54) is 0 Å². The topological polar surface area (TPSA) is 71.1 Å². The lowest BCUT2D eigenvalue weighted by Gasteiger charge is -2.56. The molecule has 6 rings (SSSR count). The molecule has 4 atom stereocenters. The van der Waals surface area contributed by atoms with E-state index in [4.69, 9.17) is 18.9 Å². The minimum Gasteiger partial charge on any atom is -0.478 e. The van der Waals surface area contributed by atoms with E-state index in [-0.39, 0.29) is 30.2 Å². The second kappa shape index (κ2) is 6.53. The summed E-state index contributed by atoms with van der Waals surface area (Å²) in [6, 6.07) is 5.17. The Balaban J connectivity index is 1.72. The summed E-state index contributed by atoms with van der Waals surface area (Å²) < 4.78 is 23.9. The van der Waals surface area contributed by atoms with Crippen molar-refractivity contribution >= 4 is 11.6 Å². The van der Waals surface area contributed by atoms with Crippen molar-refractivity contribution in [1.29, 1.82) is 0 Å². The normalized spacial score (nSPS) is 33.9. The fourth-order valence-electron chi connectivity index (χ4n) is 5.99. The summed E-state index contributed by atoms with van der Waals surface area (Å²) in [6.45, 7) is 8.09. The van der Waals surface area contributed by atoms with Crippen LogP contribution in [0.1, 0.15) is 50.9 Å². The molecular formula is C25H28O6. The molecule has 4 bridgehead atoms. The summed E-state index contributed by atoms with van der Waals surface area (Å²) in [5.74, 6) is 0.445. The quantitative estimate of drug-likeness (QED) is 0.525. The van der Waals surface area contributed by atoms with E-state index >= 15 is 0 Å².